The predicted octanol–water partition coefficient (Wildman–Crippen LogP) is 2.76. The van der Waals surface area contributed by atoms with E-state index in [0.717, 1.165) is 43.6 Å². The van der Waals surface area contributed by atoms with Crippen LogP contribution in [0.15, 0.2) is 6.07 Å². The molecule has 4 nitrogen and oxygen atoms in total. The monoisotopic (exact) mass is 320 g/mol. The Morgan fingerprint density at radius 2 is 1.91 bits per heavy atom. The minimum Gasteiger partial charge on any atom is -0.348 e. The highest BCUT2D eigenvalue weighted by atomic mass is 32.1. The van der Waals surface area contributed by atoms with Crippen molar-refractivity contribution in [3.05, 3.63) is 21.4 Å². The number of carbonyl (C=O) groups excluding carboxylic acids is 2. The topological polar surface area (TPSA) is 49.4 Å². The van der Waals surface area contributed by atoms with E-state index in [0.29, 0.717) is 0 Å². The van der Waals surface area contributed by atoms with Crippen LogP contribution in [0.2, 0.25) is 0 Å². The highest BCUT2D eigenvalue weighted by molar-refractivity contribution is 7.14. The number of likely N-dealkylation sites (tertiary alicyclic amines) is 1. The highest BCUT2D eigenvalue weighted by Crippen LogP contribution is 2.29. The number of aryl methyl sites for hydroxylation is 2. The summed E-state index contributed by atoms with van der Waals surface area (Å²) in [6, 6.07) is 2.30. The van der Waals surface area contributed by atoms with E-state index >= 15 is 0 Å². The van der Waals surface area contributed by atoms with Crippen molar-refractivity contribution in [3.8, 4) is 0 Å². The van der Waals surface area contributed by atoms with Gasteiger partial charge in [0.25, 0.3) is 5.91 Å². The lowest BCUT2D eigenvalue weighted by molar-refractivity contribution is -0.129. The minimum atomic E-state index is 0.0688. The molecule has 0 unspecified atom stereocenters. The fourth-order valence-electron chi connectivity index (χ4n) is 3.37. The molecule has 3 rings (SSSR count). The second-order valence-electron chi connectivity index (χ2n) is 6.37. The normalized spacial score (nSPS) is 19.4. The molecule has 0 spiro atoms. The number of nitrogens with one attached hydrogen (secondary N) is 1. The van der Waals surface area contributed by atoms with Crippen molar-refractivity contribution < 1.29 is 9.59 Å². The number of rotatable bonds is 2. The largest absolute Gasteiger partial charge is 0.348 e. The van der Waals surface area contributed by atoms with Gasteiger partial charge in [-0.15, -0.1) is 11.3 Å². The summed E-state index contributed by atoms with van der Waals surface area (Å²) in [6.45, 7) is 3.11. The Bertz CT molecular complexity index is 536. The van der Waals surface area contributed by atoms with Gasteiger partial charge in [-0.05, 0) is 50.2 Å². The second kappa shape index (κ2) is 6.82. The van der Waals surface area contributed by atoms with Gasteiger partial charge in [-0.2, -0.15) is 0 Å². The molecule has 5 heteroatoms. The standard InChI is InChI=1S/C17H24N2O2S/c1-12(20)19-9-7-14(8-10-19)18-17(21)16-11-13-5-3-2-4-6-15(13)22-16/h11,14H,2-10H2,1H3,(H,18,21). The molecule has 1 aromatic heterocycles. The van der Waals surface area contributed by atoms with E-state index in [1.165, 1.54) is 29.7 Å². The summed E-state index contributed by atoms with van der Waals surface area (Å²) < 4.78 is 0. The number of thiophene rings is 1. The van der Waals surface area contributed by atoms with Crippen LogP contribution in [0.4, 0.5) is 0 Å². The molecule has 1 fully saturated rings. The van der Waals surface area contributed by atoms with Crippen LogP contribution >= 0.6 is 11.3 Å². The summed E-state index contributed by atoms with van der Waals surface area (Å²) >= 11 is 1.67. The number of amides is 2. The SMILES string of the molecule is CC(=O)N1CCC(NC(=O)c2cc3c(s2)CCCCC3)CC1. The Hall–Kier alpha value is -1.36. The van der Waals surface area contributed by atoms with Gasteiger partial charge in [0.15, 0.2) is 0 Å². The highest BCUT2D eigenvalue weighted by Gasteiger charge is 2.23. The van der Waals surface area contributed by atoms with Gasteiger partial charge in [0.2, 0.25) is 5.91 Å². The van der Waals surface area contributed by atoms with Crippen molar-refractivity contribution in [1.29, 1.82) is 0 Å². The molecule has 2 amide bonds. The van der Waals surface area contributed by atoms with Crippen LogP contribution in [0.1, 0.15) is 59.1 Å². The Kier molecular flexibility index (Phi) is 4.81. The number of fused-ring (bicyclic) bond motifs is 1. The smallest absolute Gasteiger partial charge is 0.261 e. The molecule has 1 saturated heterocycles. The van der Waals surface area contributed by atoms with Crippen LogP contribution in [0.3, 0.4) is 0 Å². The molecule has 0 atom stereocenters. The van der Waals surface area contributed by atoms with Gasteiger partial charge < -0.3 is 10.2 Å². The van der Waals surface area contributed by atoms with Gasteiger partial charge in [0.1, 0.15) is 0 Å². The van der Waals surface area contributed by atoms with Crippen molar-refractivity contribution in [3.63, 3.8) is 0 Å². The molecule has 1 aliphatic heterocycles. The van der Waals surface area contributed by atoms with E-state index in [-0.39, 0.29) is 17.9 Å². The second-order valence-corrected chi connectivity index (χ2v) is 7.51. The molecule has 0 aromatic carbocycles. The maximum absolute atomic E-state index is 12.5. The molecule has 1 aliphatic carbocycles. The summed E-state index contributed by atoms with van der Waals surface area (Å²) in [5.41, 5.74) is 1.39. The molecule has 0 bridgehead atoms. The Balaban J connectivity index is 1.57. The van der Waals surface area contributed by atoms with E-state index in [1.54, 1.807) is 18.3 Å². The van der Waals surface area contributed by atoms with E-state index in [4.69, 9.17) is 0 Å². The average Bonchev–Trinajstić information content (AvgIpc) is 2.79. The zero-order valence-corrected chi connectivity index (χ0v) is 14.0. The van der Waals surface area contributed by atoms with Gasteiger partial charge >= 0.3 is 0 Å². The van der Waals surface area contributed by atoms with Crippen LogP contribution in [-0.4, -0.2) is 35.8 Å². The summed E-state index contributed by atoms with van der Waals surface area (Å²) in [4.78, 5) is 27.9. The molecule has 2 aliphatic rings. The molecule has 120 valence electrons. The lowest BCUT2D eigenvalue weighted by atomic mass is 10.0. The van der Waals surface area contributed by atoms with Crippen molar-refractivity contribution in [1.82, 2.24) is 10.2 Å². The van der Waals surface area contributed by atoms with Gasteiger partial charge in [0, 0.05) is 30.9 Å². The fourth-order valence-corrected chi connectivity index (χ4v) is 4.53. The van der Waals surface area contributed by atoms with Gasteiger partial charge in [0.05, 0.1) is 4.88 Å². The maximum Gasteiger partial charge on any atom is 0.261 e. The van der Waals surface area contributed by atoms with Crippen LogP contribution in [-0.2, 0) is 17.6 Å². The van der Waals surface area contributed by atoms with E-state index in [9.17, 15) is 9.59 Å². The van der Waals surface area contributed by atoms with Crippen molar-refractivity contribution in [2.45, 2.75) is 57.9 Å². The predicted molar refractivity (Wildman–Crippen MR) is 88.3 cm³/mol. The first kappa shape index (κ1) is 15.5. The van der Waals surface area contributed by atoms with Crippen molar-refractivity contribution >= 4 is 23.2 Å². The van der Waals surface area contributed by atoms with E-state index < -0.39 is 0 Å². The first-order valence-corrected chi connectivity index (χ1v) is 9.13. The van der Waals surface area contributed by atoms with Crippen LogP contribution in [0.5, 0.6) is 0 Å². The molecule has 0 radical (unpaired) electrons. The third-order valence-corrected chi connectivity index (χ3v) is 5.98. The van der Waals surface area contributed by atoms with Gasteiger partial charge in [-0.1, -0.05) is 6.42 Å². The van der Waals surface area contributed by atoms with Crippen molar-refractivity contribution in [2.75, 3.05) is 13.1 Å². The third kappa shape index (κ3) is 3.51. The fraction of sp³-hybridized carbons (Fsp3) is 0.647. The number of hydrogen-bond acceptors (Lipinski definition) is 3. The van der Waals surface area contributed by atoms with Crippen LogP contribution < -0.4 is 5.32 Å². The Labute approximate surface area is 135 Å². The summed E-state index contributed by atoms with van der Waals surface area (Å²) in [5.74, 6) is 0.200. The molecule has 22 heavy (non-hydrogen) atoms. The summed E-state index contributed by atoms with van der Waals surface area (Å²) in [6.07, 6.45) is 7.76. The Morgan fingerprint density at radius 1 is 1.18 bits per heavy atom. The summed E-state index contributed by atoms with van der Waals surface area (Å²) in [7, 11) is 0. The minimum absolute atomic E-state index is 0.0688. The maximum atomic E-state index is 12.5. The molecular weight excluding hydrogens is 296 g/mol. The molecular formula is C17H24N2O2S. The molecule has 1 N–H and O–H groups in total. The molecule has 0 saturated carbocycles. The van der Waals surface area contributed by atoms with E-state index in [1.807, 2.05) is 4.90 Å². The zero-order valence-electron chi connectivity index (χ0n) is 13.2. The average molecular weight is 320 g/mol. The van der Waals surface area contributed by atoms with Crippen molar-refractivity contribution in [2.24, 2.45) is 0 Å². The number of hydrogen-bond donors (Lipinski definition) is 1. The number of carbonyl (C=O) groups is 2. The zero-order chi connectivity index (χ0) is 15.5. The first-order chi connectivity index (χ1) is 10.6. The summed E-state index contributed by atoms with van der Waals surface area (Å²) in [5, 5.41) is 3.15. The number of nitrogens with zero attached hydrogens (tertiary/aromatic N) is 1. The van der Waals surface area contributed by atoms with Crippen LogP contribution in [0, 0.1) is 0 Å². The lowest BCUT2D eigenvalue weighted by Crippen LogP contribution is -2.45. The third-order valence-electron chi connectivity index (χ3n) is 4.75. The van der Waals surface area contributed by atoms with Gasteiger partial charge in [-0.25, -0.2) is 0 Å². The first-order valence-electron chi connectivity index (χ1n) is 8.31. The van der Waals surface area contributed by atoms with Crippen LogP contribution in [0.25, 0.3) is 0 Å². The number of piperidine rings is 1. The quantitative estimate of drug-likeness (QED) is 0.852. The Morgan fingerprint density at radius 3 is 2.64 bits per heavy atom. The molecule has 1 aromatic rings. The lowest BCUT2D eigenvalue weighted by Gasteiger charge is -2.31. The van der Waals surface area contributed by atoms with Gasteiger partial charge in [-0.3, -0.25) is 9.59 Å². The van der Waals surface area contributed by atoms with E-state index in [2.05, 4.69) is 11.4 Å². The molecule has 2 heterocycles.